The molecule has 144 valence electrons. The van der Waals surface area contributed by atoms with Crippen LogP contribution in [0.15, 0.2) is 40.2 Å². The number of aliphatic imine (C=N–C) groups is 1. The van der Waals surface area contributed by atoms with Crippen molar-refractivity contribution in [3.63, 3.8) is 0 Å². The summed E-state index contributed by atoms with van der Waals surface area (Å²) >= 11 is 3.77. The molecule has 3 rings (SSSR count). The average Bonchev–Trinajstić information content (AvgIpc) is 3.05. The smallest absolute Gasteiger partial charge is 0.125 e. The van der Waals surface area contributed by atoms with Crippen LogP contribution in [-0.2, 0) is 0 Å². The van der Waals surface area contributed by atoms with E-state index >= 15 is 0 Å². The fourth-order valence-corrected chi connectivity index (χ4v) is 5.66. The van der Waals surface area contributed by atoms with E-state index in [-0.39, 0.29) is 5.82 Å². The monoisotopic (exact) mass is 402 g/mol. The third kappa shape index (κ3) is 5.52. The van der Waals surface area contributed by atoms with E-state index in [0.29, 0.717) is 6.04 Å². The third-order valence-corrected chi connectivity index (χ3v) is 7.37. The Labute approximate surface area is 170 Å². The van der Waals surface area contributed by atoms with Crippen LogP contribution < -0.4 is 5.32 Å². The molecule has 1 aliphatic rings. The number of hydrogen-bond donors (Lipinski definition) is 1. The second-order valence-corrected chi connectivity index (χ2v) is 9.26. The van der Waals surface area contributed by atoms with Gasteiger partial charge in [-0.2, -0.15) is 0 Å². The van der Waals surface area contributed by atoms with Crippen LogP contribution in [0.25, 0.3) is 0 Å². The zero-order valence-electron chi connectivity index (χ0n) is 16.4. The Morgan fingerprint density at radius 1 is 1.11 bits per heavy atom. The van der Waals surface area contributed by atoms with Gasteiger partial charge in [0.15, 0.2) is 0 Å². The quantitative estimate of drug-likeness (QED) is 0.561. The van der Waals surface area contributed by atoms with E-state index in [1.54, 1.807) is 6.07 Å². The largest absolute Gasteiger partial charge is 0.385 e. The molecule has 1 heterocycles. The average molecular weight is 403 g/mol. The molecule has 1 N–H and O–H groups in total. The third-order valence-electron chi connectivity index (χ3n) is 4.71. The van der Waals surface area contributed by atoms with Gasteiger partial charge in [-0.3, -0.25) is 4.99 Å². The lowest BCUT2D eigenvalue weighted by atomic mass is 10.1. The SMILES string of the molecule is Cc1cc(C)c(SCC2=NC(CCNc3cc(F)ccc3C)CS2)c(C)c1. The van der Waals surface area contributed by atoms with Gasteiger partial charge in [-0.1, -0.05) is 23.8 Å². The first kappa shape index (κ1) is 20.3. The molecule has 0 saturated carbocycles. The van der Waals surface area contributed by atoms with Gasteiger partial charge in [-0.25, -0.2) is 4.39 Å². The van der Waals surface area contributed by atoms with Crippen LogP contribution in [0.1, 0.15) is 28.7 Å². The van der Waals surface area contributed by atoms with Crippen LogP contribution in [0.4, 0.5) is 10.1 Å². The first-order valence-electron chi connectivity index (χ1n) is 9.32. The normalized spacial score (nSPS) is 16.5. The molecular weight excluding hydrogens is 375 g/mol. The molecule has 2 nitrogen and oxygen atoms in total. The Balaban J connectivity index is 1.49. The number of rotatable bonds is 7. The zero-order valence-corrected chi connectivity index (χ0v) is 18.1. The number of anilines is 1. The van der Waals surface area contributed by atoms with Crippen molar-refractivity contribution < 1.29 is 4.39 Å². The van der Waals surface area contributed by atoms with Gasteiger partial charge in [0.25, 0.3) is 0 Å². The minimum Gasteiger partial charge on any atom is -0.385 e. The molecular formula is C22H27FN2S2. The van der Waals surface area contributed by atoms with E-state index in [4.69, 9.17) is 4.99 Å². The number of thioether (sulfide) groups is 2. The summed E-state index contributed by atoms with van der Waals surface area (Å²) in [6, 6.07) is 9.73. The molecule has 0 bridgehead atoms. The molecule has 5 heteroatoms. The number of nitrogens with zero attached hydrogens (tertiary/aromatic N) is 1. The standard InChI is InChI=1S/C22H27FN2S2/c1-14-9-16(3)22(17(4)10-14)27-13-21-25-19(12-26-21)7-8-24-20-11-18(23)6-5-15(20)2/h5-6,9-11,19,24H,7-8,12-13H2,1-4H3. The highest BCUT2D eigenvalue weighted by Crippen LogP contribution is 2.31. The van der Waals surface area contributed by atoms with Gasteiger partial charge in [-0.15, -0.1) is 23.5 Å². The van der Waals surface area contributed by atoms with E-state index in [9.17, 15) is 4.39 Å². The van der Waals surface area contributed by atoms with Gasteiger partial charge in [0.05, 0.1) is 11.1 Å². The highest BCUT2D eigenvalue weighted by Gasteiger charge is 2.18. The lowest BCUT2D eigenvalue weighted by Gasteiger charge is -2.11. The molecule has 0 saturated heterocycles. The maximum absolute atomic E-state index is 13.4. The first-order chi connectivity index (χ1) is 12.9. The van der Waals surface area contributed by atoms with Crippen molar-refractivity contribution in [2.75, 3.05) is 23.4 Å². The lowest BCUT2D eigenvalue weighted by molar-refractivity contribution is 0.627. The van der Waals surface area contributed by atoms with Gasteiger partial charge in [0.2, 0.25) is 0 Å². The van der Waals surface area contributed by atoms with E-state index < -0.39 is 0 Å². The van der Waals surface area contributed by atoms with Gasteiger partial charge in [-0.05, 0) is 62.9 Å². The van der Waals surface area contributed by atoms with E-state index in [0.717, 1.165) is 35.7 Å². The predicted molar refractivity (Wildman–Crippen MR) is 119 cm³/mol. The molecule has 2 aromatic rings. The summed E-state index contributed by atoms with van der Waals surface area (Å²) in [4.78, 5) is 6.28. The van der Waals surface area contributed by atoms with Crippen molar-refractivity contribution in [3.8, 4) is 0 Å². The maximum Gasteiger partial charge on any atom is 0.125 e. The topological polar surface area (TPSA) is 24.4 Å². The van der Waals surface area contributed by atoms with Crippen LogP contribution in [0.3, 0.4) is 0 Å². The van der Waals surface area contributed by atoms with Crippen molar-refractivity contribution in [2.45, 2.75) is 45.1 Å². The first-order valence-corrected chi connectivity index (χ1v) is 11.3. The highest BCUT2D eigenvalue weighted by molar-refractivity contribution is 8.16. The Bertz CT molecular complexity index is 825. The number of aryl methyl sites for hydroxylation is 4. The van der Waals surface area contributed by atoms with Crippen molar-refractivity contribution >= 4 is 34.3 Å². The molecule has 1 aliphatic heterocycles. The Morgan fingerprint density at radius 3 is 2.59 bits per heavy atom. The molecule has 0 radical (unpaired) electrons. The van der Waals surface area contributed by atoms with Crippen molar-refractivity contribution in [3.05, 3.63) is 58.4 Å². The van der Waals surface area contributed by atoms with Crippen LogP contribution in [0, 0.1) is 33.5 Å². The Kier molecular flexibility index (Phi) is 6.88. The second-order valence-electron chi connectivity index (χ2n) is 7.18. The predicted octanol–water partition coefficient (Wildman–Crippen LogP) is 6.17. The minimum atomic E-state index is -0.196. The van der Waals surface area contributed by atoms with E-state index in [2.05, 4.69) is 38.2 Å². The van der Waals surface area contributed by atoms with Crippen LogP contribution in [-0.4, -0.2) is 29.1 Å². The molecule has 0 aliphatic carbocycles. The summed E-state index contributed by atoms with van der Waals surface area (Å²) in [5.41, 5.74) is 5.98. The van der Waals surface area contributed by atoms with Crippen molar-refractivity contribution in [1.29, 1.82) is 0 Å². The summed E-state index contributed by atoms with van der Waals surface area (Å²) in [6.45, 7) is 9.34. The molecule has 1 atom stereocenters. The Hall–Kier alpha value is -1.46. The van der Waals surface area contributed by atoms with Crippen LogP contribution in [0.2, 0.25) is 0 Å². The summed E-state index contributed by atoms with van der Waals surface area (Å²) in [5.74, 6) is 1.80. The molecule has 0 spiro atoms. The molecule has 2 aromatic carbocycles. The molecule has 27 heavy (non-hydrogen) atoms. The minimum absolute atomic E-state index is 0.196. The Morgan fingerprint density at radius 2 is 1.85 bits per heavy atom. The summed E-state index contributed by atoms with van der Waals surface area (Å²) in [7, 11) is 0. The molecule has 0 fully saturated rings. The lowest BCUT2D eigenvalue weighted by Crippen LogP contribution is -2.12. The number of hydrogen-bond acceptors (Lipinski definition) is 4. The summed E-state index contributed by atoms with van der Waals surface area (Å²) in [6.07, 6.45) is 0.972. The maximum atomic E-state index is 13.4. The van der Waals surface area contributed by atoms with E-state index in [1.807, 2.05) is 36.5 Å². The van der Waals surface area contributed by atoms with Crippen molar-refractivity contribution in [1.82, 2.24) is 0 Å². The van der Waals surface area contributed by atoms with Gasteiger partial charge in [0, 0.05) is 28.6 Å². The number of nitrogens with one attached hydrogen (secondary N) is 1. The van der Waals surface area contributed by atoms with Crippen molar-refractivity contribution in [2.24, 2.45) is 4.99 Å². The van der Waals surface area contributed by atoms with Gasteiger partial charge < -0.3 is 5.32 Å². The molecule has 0 amide bonds. The van der Waals surface area contributed by atoms with Gasteiger partial charge >= 0.3 is 0 Å². The van der Waals surface area contributed by atoms with Crippen LogP contribution in [0.5, 0.6) is 0 Å². The highest BCUT2D eigenvalue weighted by atomic mass is 32.2. The number of benzene rings is 2. The van der Waals surface area contributed by atoms with Crippen LogP contribution >= 0.6 is 23.5 Å². The summed E-state index contributed by atoms with van der Waals surface area (Å²) < 4.78 is 13.4. The molecule has 1 unspecified atom stereocenters. The van der Waals surface area contributed by atoms with Gasteiger partial charge in [0.1, 0.15) is 5.82 Å². The second kappa shape index (κ2) is 9.16. The fraction of sp³-hybridized carbons (Fsp3) is 0.409. The van der Waals surface area contributed by atoms with E-state index in [1.165, 1.54) is 32.7 Å². The molecule has 0 aromatic heterocycles. The fourth-order valence-electron chi connectivity index (χ4n) is 3.38. The summed E-state index contributed by atoms with van der Waals surface area (Å²) in [5, 5.41) is 4.59. The number of halogens is 1. The zero-order chi connectivity index (χ0) is 19.4.